The average molecular weight is 633 g/mol. The van der Waals surface area contributed by atoms with E-state index in [-0.39, 0.29) is 34.4 Å². The minimum atomic E-state index is -0.742. The average Bonchev–Trinajstić information content (AvgIpc) is 3.55. The van der Waals surface area contributed by atoms with E-state index in [1.165, 1.54) is 0 Å². The number of likely N-dealkylation sites (tertiary alicyclic amines) is 1. The smallest absolute Gasteiger partial charge is 0.247 e. The summed E-state index contributed by atoms with van der Waals surface area (Å²) in [4.78, 5) is 48.4. The molecule has 3 heterocycles. The molecule has 0 aliphatic carbocycles. The lowest BCUT2D eigenvalue weighted by Gasteiger charge is -2.40. The van der Waals surface area contributed by atoms with Crippen LogP contribution in [0.5, 0.6) is 0 Å². The number of unbranched alkanes of at least 4 members (excludes halogenated alkanes) is 1. The quantitative estimate of drug-likeness (QED) is 0.245. The zero-order valence-corrected chi connectivity index (χ0v) is 26.0. The first kappa shape index (κ1) is 30.8. The number of hydrogen-bond acceptors (Lipinski definition) is 5. The number of benzene rings is 1. The number of aliphatic hydroxyl groups excluding tert-OH is 1. The highest BCUT2D eigenvalue weighted by Crippen LogP contribution is 2.68. The monoisotopic (exact) mass is 631 g/mol. The van der Waals surface area contributed by atoms with Gasteiger partial charge in [0.2, 0.25) is 17.7 Å². The number of halogens is 1. The summed E-state index contributed by atoms with van der Waals surface area (Å²) in [6, 6.07) is 8.59. The van der Waals surface area contributed by atoms with E-state index in [1.807, 2.05) is 37.3 Å². The number of fused-ring (bicyclic) bond motifs is 1. The summed E-state index contributed by atoms with van der Waals surface area (Å²) < 4.78 is -0.742. The zero-order valence-electron chi connectivity index (χ0n) is 23.6. The summed E-state index contributed by atoms with van der Waals surface area (Å²) in [5, 5.41) is 10.2. The standard InChI is InChI=1S/C31H42BrN3O4S/c1-5-9-17-33(15-6-2)30(39)27-31-18-23(32)26(40-31)24(25(31)29(38)35(27)22(8-4)20-36)28(37)34(16-7-3)19-21-13-11-10-12-14-21/h6-7,10-14,22-27,36H,2-3,5,8-9,15-20H2,1,4H3/t22-,23?,24-,25-,26-,27?,31?/m0/s1. The summed E-state index contributed by atoms with van der Waals surface area (Å²) in [5.74, 6) is -1.56. The molecule has 7 atom stereocenters. The van der Waals surface area contributed by atoms with Gasteiger partial charge in [-0.2, -0.15) is 0 Å². The third-order valence-electron chi connectivity index (χ3n) is 8.64. The lowest BCUT2D eigenvalue weighted by Crippen LogP contribution is -2.58. The van der Waals surface area contributed by atoms with Crippen molar-refractivity contribution in [2.24, 2.45) is 11.8 Å². The number of carbonyl (C=O) groups excluding carboxylic acids is 3. The van der Waals surface area contributed by atoms with Crippen LogP contribution >= 0.6 is 27.7 Å². The summed E-state index contributed by atoms with van der Waals surface area (Å²) in [5.41, 5.74) is 1.01. The van der Waals surface area contributed by atoms with E-state index in [2.05, 4.69) is 36.0 Å². The van der Waals surface area contributed by atoms with Gasteiger partial charge < -0.3 is 19.8 Å². The molecule has 1 N–H and O–H groups in total. The minimum absolute atomic E-state index is 0.00856. The maximum atomic E-state index is 14.4. The number of alkyl halides is 1. The van der Waals surface area contributed by atoms with Gasteiger partial charge in [0, 0.05) is 36.3 Å². The van der Waals surface area contributed by atoms with Crippen LogP contribution in [0.1, 0.15) is 45.1 Å². The van der Waals surface area contributed by atoms with Crippen molar-refractivity contribution >= 4 is 45.4 Å². The van der Waals surface area contributed by atoms with Crippen LogP contribution in [0.2, 0.25) is 0 Å². The van der Waals surface area contributed by atoms with Gasteiger partial charge in [-0.3, -0.25) is 14.4 Å². The van der Waals surface area contributed by atoms with E-state index in [1.54, 1.807) is 38.6 Å². The van der Waals surface area contributed by atoms with Gasteiger partial charge in [-0.1, -0.05) is 78.7 Å². The Morgan fingerprint density at radius 2 is 1.85 bits per heavy atom. The molecule has 7 nitrogen and oxygen atoms in total. The van der Waals surface area contributed by atoms with E-state index >= 15 is 0 Å². The summed E-state index contributed by atoms with van der Waals surface area (Å²) in [7, 11) is 0. The van der Waals surface area contributed by atoms with Gasteiger partial charge in [0.05, 0.1) is 29.2 Å². The summed E-state index contributed by atoms with van der Waals surface area (Å²) in [6.45, 7) is 13.3. The van der Waals surface area contributed by atoms with Gasteiger partial charge in [0.1, 0.15) is 6.04 Å². The lowest BCUT2D eigenvalue weighted by atomic mass is 9.70. The largest absolute Gasteiger partial charge is 0.394 e. The second kappa shape index (κ2) is 13.3. The molecule has 3 aliphatic heterocycles. The fourth-order valence-electron chi connectivity index (χ4n) is 6.81. The molecule has 3 aliphatic rings. The van der Waals surface area contributed by atoms with Crippen molar-refractivity contribution in [3.63, 3.8) is 0 Å². The predicted octanol–water partition coefficient (Wildman–Crippen LogP) is 4.25. The number of thioether (sulfide) groups is 1. The van der Waals surface area contributed by atoms with Crippen LogP contribution in [0, 0.1) is 11.8 Å². The molecule has 2 bridgehead atoms. The van der Waals surface area contributed by atoms with E-state index in [9.17, 15) is 19.5 Å². The van der Waals surface area contributed by atoms with Crippen LogP contribution in [0.15, 0.2) is 55.6 Å². The van der Waals surface area contributed by atoms with Crippen molar-refractivity contribution in [3.8, 4) is 0 Å². The SMILES string of the molecule is C=CCN(CCCC)C(=O)C1N([C@@H](CC)CO)C(=O)[C@@H]2[C@H](C(=O)N(CC=C)Cc3ccccc3)[C@H]3SC12CC3Br. The maximum Gasteiger partial charge on any atom is 0.247 e. The van der Waals surface area contributed by atoms with Crippen molar-refractivity contribution in [1.82, 2.24) is 14.7 Å². The van der Waals surface area contributed by atoms with Crippen LogP contribution < -0.4 is 0 Å². The predicted molar refractivity (Wildman–Crippen MR) is 164 cm³/mol. The Bertz CT molecular complexity index is 1100. The molecule has 1 aromatic carbocycles. The van der Waals surface area contributed by atoms with E-state index in [0.29, 0.717) is 39.0 Å². The van der Waals surface area contributed by atoms with E-state index in [4.69, 9.17) is 0 Å². The van der Waals surface area contributed by atoms with Gasteiger partial charge in [0.25, 0.3) is 0 Å². The molecular weight excluding hydrogens is 590 g/mol. The second-order valence-corrected chi connectivity index (χ2v) is 13.8. The molecule has 1 aromatic rings. The molecule has 9 heteroatoms. The van der Waals surface area contributed by atoms with E-state index < -0.39 is 28.7 Å². The molecular formula is C31H42BrN3O4S. The van der Waals surface area contributed by atoms with Crippen LogP contribution in [0.4, 0.5) is 0 Å². The number of hydrogen-bond donors (Lipinski definition) is 1. The fraction of sp³-hybridized carbons (Fsp3) is 0.581. The van der Waals surface area contributed by atoms with Crippen molar-refractivity contribution in [3.05, 3.63) is 61.2 Å². The third kappa shape index (κ3) is 5.41. The van der Waals surface area contributed by atoms with Gasteiger partial charge >= 0.3 is 0 Å². The van der Waals surface area contributed by atoms with Crippen molar-refractivity contribution in [2.75, 3.05) is 26.2 Å². The summed E-state index contributed by atoms with van der Waals surface area (Å²) >= 11 is 5.50. The highest BCUT2D eigenvalue weighted by molar-refractivity contribution is 9.09. The zero-order chi connectivity index (χ0) is 29.0. The maximum absolute atomic E-state index is 14.4. The number of rotatable bonds is 14. The Labute approximate surface area is 251 Å². The number of nitrogens with zero attached hydrogens (tertiary/aromatic N) is 3. The van der Waals surface area contributed by atoms with Gasteiger partial charge in [-0.15, -0.1) is 24.9 Å². The lowest BCUT2D eigenvalue weighted by molar-refractivity contribution is -0.147. The molecule has 0 aromatic heterocycles. The first-order chi connectivity index (χ1) is 19.3. The van der Waals surface area contributed by atoms with Crippen LogP contribution in [0.3, 0.4) is 0 Å². The van der Waals surface area contributed by atoms with Crippen LogP contribution in [0.25, 0.3) is 0 Å². The first-order valence-corrected chi connectivity index (χ1v) is 16.2. The number of aliphatic hydroxyl groups is 1. The third-order valence-corrected chi connectivity index (χ3v) is 11.9. The molecule has 1 spiro atoms. The minimum Gasteiger partial charge on any atom is -0.394 e. The highest BCUT2D eigenvalue weighted by atomic mass is 79.9. The van der Waals surface area contributed by atoms with Crippen molar-refractivity contribution in [2.45, 2.75) is 73.0 Å². The Kier molecular flexibility index (Phi) is 10.2. The molecule has 0 saturated carbocycles. The normalized spacial score (nSPS) is 29.2. The molecule has 3 saturated heterocycles. The second-order valence-electron chi connectivity index (χ2n) is 11.1. The molecule has 4 rings (SSSR count). The van der Waals surface area contributed by atoms with Gasteiger partial charge in [-0.25, -0.2) is 0 Å². The molecule has 218 valence electrons. The molecule has 3 amide bonds. The fourth-order valence-corrected chi connectivity index (χ4v) is 10.4. The Hall–Kier alpha value is -2.10. The number of carbonyl (C=O) groups is 3. The van der Waals surface area contributed by atoms with Crippen LogP contribution in [-0.2, 0) is 20.9 Å². The van der Waals surface area contributed by atoms with Gasteiger partial charge in [0.15, 0.2) is 0 Å². The van der Waals surface area contributed by atoms with Gasteiger partial charge in [-0.05, 0) is 24.8 Å². The molecule has 40 heavy (non-hydrogen) atoms. The molecule has 3 fully saturated rings. The van der Waals surface area contributed by atoms with E-state index in [0.717, 1.165) is 18.4 Å². The van der Waals surface area contributed by atoms with Crippen molar-refractivity contribution in [1.29, 1.82) is 0 Å². The Morgan fingerprint density at radius 3 is 2.45 bits per heavy atom. The Balaban J connectivity index is 1.76. The van der Waals surface area contributed by atoms with Crippen LogP contribution in [-0.4, -0.2) is 90.7 Å². The first-order valence-electron chi connectivity index (χ1n) is 14.4. The molecule has 0 radical (unpaired) electrons. The number of amides is 3. The summed E-state index contributed by atoms with van der Waals surface area (Å²) in [6.07, 6.45) is 6.37. The van der Waals surface area contributed by atoms with Crippen molar-refractivity contribution < 1.29 is 19.5 Å². The topological polar surface area (TPSA) is 81.2 Å². The molecule has 3 unspecified atom stereocenters. The highest BCUT2D eigenvalue weighted by Gasteiger charge is 2.76. The Morgan fingerprint density at radius 1 is 1.18 bits per heavy atom.